The van der Waals surface area contributed by atoms with Gasteiger partial charge in [-0.25, -0.2) is 13.6 Å². The molecule has 3 aromatic rings. The first-order chi connectivity index (χ1) is 14.2. The molecule has 4 N–H and O–H groups in total. The van der Waals surface area contributed by atoms with Crippen LogP contribution in [0.15, 0.2) is 64.1 Å². The minimum atomic E-state index is -4.05. The number of benzene rings is 2. The Morgan fingerprint density at radius 2 is 1.80 bits per heavy atom. The van der Waals surface area contributed by atoms with Crippen LogP contribution in [-0.4, -0.2) is 27.3 Å². The molecule has 0 fully saturated rings. The number of carbonyl (C=O) groups excluding carboxylic acids is 2. The first-order valence-electron chi connectivity index (χ1n) is 8.67. The maximum absolute atomic E-state index is 12.7. The summed E-state index contributed by atoms with van der Waals surface area (Å²) in [5.41, 5.74) is 1.64. The smallest absolute Gasteiger partial charge is 0.291 e. The monoisotopic (exact) mass is 429 g/mol. The Morgan fingerprint density at radius 1 is 1.03 bits per heavy atom. The third-order valence-electron chi connectivity index (χ3n) is 4.22. The number of nitrogens with two attached hydrogens (primary N) is 1. The molecule has 0 aliphatic heterocycles. The van der Waals surface area contributed by atoms with Crippen LogP contribution in [0.25, 0.3) is 0 Å². The van der Waals surface area contributed by atoms with Gasteiger partial charge in [-0.3, -0.25) is 9.59 Å². The lowest BCUT2D eigenvalue weighted by Crippen LogP contribution is -2.16. The summed E-state index contributed by atoms with van der Waals surface area (Å²) in [5, 5.41) is 10.5. The van der Waals surface area contributed by atoms with Crippen molar-refractivity contribution < 1.29 is 27.2 Å². The molecule has 0 aliphatic rings. The van der Waals surface area contributed by atoms with Gasteiger partial charge in [0.15, 0.2) is 5.76 Å². The zero-order valence-corrected chi connectivity index (χ0v) is 16.9. The van der Waals surface area contributed by atoms with E-state index in [4.69, 9.17) is 14.3 Å². The summed E-state index contributed by atoms with van der Waals surface area (Å²) in [6.45, 7) is 1.78. The largest absolute Gasteiger partial charge is 0.495 e. The van der Waals surface area contributed by atoms with Crippen molar-refractivity contribution in [3.8, 4) is 5.75 Å². The quantitative estimate of drug-likeness (QED) is 0.550. The van der Waals surface area contributed by atoms with Crippen LogP contribution in [0.5, 0.6) is 5.75 Å². The number of hydrogen-bond donors (Lipinski definition) is 3. The van der Waals surface area contributed by atoms with E-state index in [1.165, 1.54) is 43.7 Å². The van der Waals surface area contributed by atoms with Gasteiger partial charge in [-0.05, 0) is 55.0 Å². The van der Waals surface area contributed by atoms with Crippen LogP contribution >= 0.6 is 0 Å². The minimum Gasteiger partial charge on any atom is -0.495 e. The number of nitrogens with one attached hydrogen (secondary N) is 2. The third kappa shape index (κ3) is 4.67. The van der Waals surface area contributed by atoms with Crippen molar-refractivity contribution in [3.63, 3.8) is 0 Å². The molecule has 10 heteroatoms. The first kappa shape index (κ1) is 21.1. The predicted octanol–water partition coefficient (Wildman–Crippen LogP) is 2.75. The molecule has 0 spiro atoms. The molecule has 0 radical (unpaired) electrons. The van der Waals surface area contributed by atoms with E-state index in [0.717, 1.165) is 5.56 Å². The third-order valence-corrected chi connectivity index (χ3v) is 5.15. The highest BCUT2D eigenvalue weighted by molar-refractivity contribution is 7.89. The van der Waals surface area contributed by atoms with Gasteiger partial charge in [-0.1, -0.05) is 6.07 Å². The highest BCUT2D eigenvalue weighted by Gasteiger charge is 2.17. The molecule has 3 rings (SSSR count). The van der Waals surface area contributed by atoms with Gasteiger partial charge in [0.25, 0.3) is 11.8 Å². The maximum Gasteiger partial charge on any atom is 0.291 e. The number of sulfonamides is 1. The predicted molar refractivity (Wildman–Crippen MR) is 110 cm³/mol. The fraction of sp³-hybridized carbons (Fsp3) is 0.100. The number of methoxy groups -OCH3 is 1. The van der Waals surface area contributed by atoms with Crippen LogP contribution in [-0.2, 0) is 10.0 Å². The summed E-state index contributed by atoms with van der Waals surface area (Å²) in [4.78, 5) is 24.6. The molecule has 0 saturated heterocycles. The Labute approximate surface area is 172 Å². The lowest BCUT2D eigenvalue weighted by molar-refractivity contribution is 0.0993. The standard InChI is InChI=1S/C20H19N3O6S/c1-12-5-6-13(10-15(12)23-20(25)17-4-3-9-29-17)19(24)22-14-7-8-16(28-2)18(11-14)30(21,26)27/h3-11H,1-2H3,(H,22,24)(H,23,25)(H2,21,26,27). The van der Waals surface area contributed by atoms with Gasteiger partial charge < -0.3 is 19.8 Å². The van der Waals surface area contributed by atoms with Crippen LogP contribution in [0.4, 0.5) is 11.4 Å². The lowest BCUT2D eigenvalue weighted by atomic mass is 10.1. The van der Waals surface area contributed by atoms with Crippen molar-refractivity contribution in [1.29, 1.82) is 0 Å². The highest BCUT2D eigenvalue weighted by atomic mass is 32.2. The van der Waals surface area contributed by atoms with E-state index in [0.29, 0.717) is 5.69 Å². The highest BCUT2D eigenvalue weighted by Crippen LogP contribution is 2.27. The molecular weight excluding hydrogens is 410 g/mol. The number of carbonyl (C=O) groups is 2. The van der Waals surface area contributed by atoms with Crippen molar-refractivity contribution in [2.75, 3.05) is 17.7 Å². The molecule has 2 aromatic carbocycles. The Balaban J connectivity index is 1.83. The van der Waals surface area contributed by atoms with Crippen molar-refractivity contribution in [2.45, 2.75) is 11.8 Å². The lowest BCUT2D eigenvalue weighted by Gasteiger charge is -2.12. The molecule has 1 aromatic heterocycles. The van der Waals surface area contributed by atoms with Gasteiger partial charge in [0.05, 0.1) is 13.4 Å². The molecule has 156 valence electrons. The summed E-state index contributed by atoms with van der Waals surface area (Å²) >= 11 is 0. The molecule has 0 atom stereocenters. The van der Waals surface area contributed by atoms with Crippen LogP contribution in [0.1, 0.15) is 26.5 Å². The molecular formula is C20H19N3O6S. The van der Waals surface area contributed by atoms with Gasteiger partial charge in [-0.15, -0.1) is 0 Å². The van der Waals surface area contributed by atoms with E-state index >= 15 is 0 Å². The molecule has 0 aliphatic carbocycles. The number of primary sulfonamides is 1. The second-order valence-corrected chi connectivity index (χ2v) is 7.86. The minimum absolute atomic E-state index is 0.0637. The van der Waals surface area contributed by atoms with Crippen molar-refractivity contribution in [3.05, 3.63) is 71.7 Å². The van der Waals surface area contributed by atoms with Crippen LogP contribution < -0.4 is 20.5 Å². The molecule has 1 heterocycles. The summed E-state index contributed by atoms with van der Waals surface area (Å²) in [6.07, 6.45) is 1.39. The van der Waals surface area contributed by atoms with Crippen LogP contribution in [0.2, 0.25) is 0 Å². The van der Waals surface area contributed by atoms with Gasteiger partial charge in [0, 0.05) is 16.9 Å². The van der Waals surface area contributed by atoms with E-state index in [-0.39, 0.29) is 27.7 Å². The normalized spacial score (nSPS) is 11.0. The van der Waals surface area contributed by atoms with Crippen LogP contribution in [0, 0.1) is 6.92 Å². The molecule has 2 amide bonds. The van der Waals surface area contributed by atoms with Crippen molar-refractivity contribution >= 4 is 33.2 Å². The summed E-state index contributed by atoms with van der Waals surface area (Å²) in [5.74, 6) is -0.755. The van der Waals surface area contributed by atoms with Gasteiger partial charge in [0.1, 0.15) is 10.6 Å². The summed E-state index contributed by atoms with van der Waals surface area (Å²) in [7, 11) is -2.74. The molecule has 9 nitrogen and oxygen atoms in total. The van der Waals surface area contributed by atoms with E-state index in [1.807, 2.05) is 0 Å². The second-order valence-electron chi connectivity index (χ2n) is 6.33. The zero-order chi connectivity index (χ0) is 21.9. The Hall–Kier alpha value is -3.63. The van der Waals surface area contributed by atoms with Crippen molar-refractivity contribution in [2.24, 2.45) is 5.14 Å². The molecule has 0 saturated carbocycles. The van der Waals surface area contributed by atoms with E-state index < -0.39 is 21.8 Å². The van der Waals surface area contributed by atoms with Gasteiger partial charge in [-0.2, -0.15) is 0 Å². The number of aryl methyl sites for hydroxylation is 1. The van der Waals surface area contributed by atoms with Gasteiger partial charge >= 0.3 is 0 Å². The number of ether oxygens (including phenoxy) is 1. The van der Waals surface area contributed by atoms with Crippen molar-refractivity contribution in [1.82, 2.24) is 0 Å². The second kappa shape index (κ2) is 8.39. The van der Waals surface area contributed by atoms with E-state index in [2.05, 4.69) is 10.6 Å². The van der Waals surface area contributed by atoms with Crippen LogP contribution in [0.3, 0.4) is 0 Å². The number of amides is 2. The fourth-order valence-corrected chi connectivity index (χ4v) is 3.39. The SMILES string of the molecule is COc1ccc(NC(=O)c2ccc(C)c(NC(=O)c3ccco3)c2)cc1S(N)(=O)=O. The average Bonchev–Trinajstić information content (AvgIpc) is 3.24. The Kier molecular flexibility index (Phi) is 5.90. The topological polar surface area (TPSA) is 141 Å². The fourth-order valence-electron chi connectivity index (χ4n) is 2.67. The Bertz CT molecular complexity index is 1200. The maximum atomic E-state index is 12.7. The van der Waals surface area contributed by atoms with E-state index in [9.17, 15) is 18.0 Å². The first-order valence-corrected chi connectivity index (χ1v) is 10.2. The zero-order valence-electron chi connectivity index (χ0n) is 16.1. The number of hydrogen-bond acceptors (Lipinski definition) is 6. The molecule has 30 heavy (non-hydrogen) atoms. The number of furan rings is 1. The molecule has 0 unspecified atom stereocenters. The average molecular weight is 429 g/mol. The number of rotatable bonds is 6. The van der Waals surface area contributed by atoms with Gasteiger partial charge in [0.2, 0.25) is 10.0 Å². The summed E-state index contributed by atoms with van der Waals surface area (Å²) < 4.78 is 33.5. The Morgan fingerprint density at radius 3 is 2.43 bits per heavy atom. The molecule has 0 bridgehead atoms. The summed E-state index contributed by atoms with van der Waals surface area (Å²) in [6, 6.07) is 12.0. The van der Waals surface area contributed by atoms with E-state index in [1.54, 1.807) is 25.1 Å². The number of anilines is 2.